The second-order valence-corrected chi connectivity index (χ2v) is 4.58. The predicted octanol–water partition coefficient (Wildman–Crippen LogP) is 1.25. The van der Waals surface area contributed by atoms with Gasteiger partial charge in [-0.05, 0) is 38.8 Å². The van der Waals surface area contributed by atoms with Crippen molar-refractivity contribution >= 4 is 0 Å². The quantitative estimate of drug-likeness (QED) is 0.658. The Morgan fingerprint density at radius 3 is 2.62 bits per heavy atom. The molecule has 3 aliphatic rings. The maximum atomic E-state index is 3.93. The number of piperidine rings is 3. The maximum Gasteiger partial charge on any atom is 0.0227 e. The molecule has 0 radical (unpaired) electrons. The first-order valence-corrected chi connectivity index (χ1v) is 5.36. The summed E-state index contributed by atoms with van der Waals surface area (Å²) >= 11 is 0. The van der Waals surface area contributed by atoms with Gasteiger partial charge in [0.15, 0.2) is 0 Å². The van der Waals surface area contributed by atoms with Crippen LogP contribution in [-0.2, 0) is 0 Å². The van der Waals surface area contributed by atoms with E-state index in [0.29, 0.717) is 0 Å². The summed E-state index contributed by atoms with van der Waals surface area (Å²) in [6, 6.07) is 0.735. The lowest BCUT2D eigenvalue weighted by Gasteiger charge is -2.45. The van der Waals surface area contributed by atoms with Crippen LogP contribution in [0.3, 0.4) is 0 Å². The molecular weight excluding hydrogens is 160 g/mol. The van der Waals surface area contributed by atoms with Crippen LogP contribution < -0.4 is 5.32 Å². The van der Waals surface area contributed by atoms with Crippen LogP contribution in [-0.4, -0.2) is 37.1 Å². The van der Waals surface area contributed by atoms with Gasteiger partial charge in [-0.1, -0.05) is 12.2 Å². The molecule has 0 saturated carbocycles. The van der Waals surface area contributed by atoms with Gasteiger partial charge in [0.05, 0.1) is 0 Å². The predicted molar refractivity (Wildman–Crippen MR) is 55.8 cm³/mol. The lowest BCUT2D eigenvalue weighted by atomic mass is 9.84. The summed E-state index contributed by atoms with van der Waals surface area (Å²) in [4.78, 5) is 2.58. The SMILES string of the molecule is C=C(C)CNC1CN2CCC1CC2. The first kappa shape index (κ1) is 9.22. The molecular formula is C11H20N2. The topological polar surface area (TPSA) is 15.3 Å². The third-order valence-corrected chi connectivity index (χ3v) is 3.32. The van der Waals surface area contributed by atoms with Crippen LogP contribution in [0.1, 0.15) is 19.8 Å². The number of rotatable bonds is 3. The third-order valence-electron chi connectivity index (χ3n) is 3.32. The Hall–Kier alpha value is -0.340. The van der Waals surface area contributed by atoms with Gasteiger partial charge >= 0.3 is 0 Å². The zero-order valence-corrected chi connectivity index (χ0v) is 8.55. The van der Waals surface area contributed by atoms with Crippen molar-refractivity contribution < 1.29 is 0 Å². The molecule has 74 valence electrons. The van der Waals surface area contributed by atoms with E-state index in [9.17, 15) is 0 Å². The first-order valence-electron chi connectivity index (χ1n) is 5.36. The van der Waals surface area contributed by atoms with Crippen molar-refractivity contribution in [2.24, 2.45) is 5.92 Å². The highest BCUT2D eigenvalue weighted by Crippen LogP contribution is 2.27. The Morgan fingerprint density at radius 2 is 2.15 bits per heavy atom. The van der Waals surface area contributed by atoms with Gasteiger partial charge in [0.2, 0.25) is 0 Å². The summed E-state index contributed by atoms with van der Waals surface area (Å²) in [5.41, 5.74) is 1.25. The lowest BCUT2D eigenvalue weighted by Crippen LogP contribution is -2.56. The standard InChI is InChI=1S/C11H20N2/c1-9(2)7-12-11-8-13-5-3-10(11)4-6-13/h10-12H,1,3-8H2,2H3. The van der Waals surface area contributed by atoms with E-state index >= 15 is 0 Å². The minimum atomic E-state index is 0.735. The summed E-state index contributed by atoms with van der Waals surface area (Å²) in [5, 5.41) is 3.61. The summed E-state index contributed by atoms with van der Waals surface area (Å²) < 4.78 is 0. The smallest absolute Gasteiger partial charge is 0.0227 e. The molecule has 3 fully saturated rings. The Labute approximate surface area is 81.0 Å². The van der Waals surface area contributed by atoms with Gasteiger partial charge in [-0.25, -0.2) is 0 Å². The van der Waals surface area contributed by atoms with Gasteiger partial charge in [-0.2, -0.15) is 0 Å². The fourth-order valence-electron chi connectivity index (χ4n) is 2.50. The van der Waals surface area contributed by atoms with Crippen LogP contribution in [0.2, 0.25) is 0 Å². The molecule has 1 N–H and O–H groups in total. The maximum absolute atomic E-state index is 3.93. The largest absolute Gasteiger partial charge is 0.309 e. The molecule has 2 nitrogen and oxygen atoms in total. The molecule has 0 spiro atoms. The summed E-state index contributed by atoms with van der Waals surface area (Å²) in [5.74, 6) is 0.935. The van der Waals surface area contributed by atoms with Crippen molar-refractivity contribution in [1.29, 1.82) is 0 Å². The van der Waals surface area contributed by atoms with E-state index in [-0.39, 0.29) is 0 Å². The third kappa shape index (κ3) is 2.12. The Bertz CT molecular complexity index is 192. The molecule has 3 aliphatic heterocycles. The highest BCUT2D eigenvalue weighted by molar-refractivity contribution is 4.96. The van der Waals surface area contributed by atoms with E-state index < -0.39 is 0 Å². The Balaban J connectivity index is 1.83. The molecule has 0 aromatic rings. The number of hydrogen-bond acceptors (Lipinski definition) is 2. The number of fused-ring (bicyclic) bond motifs is 3. The van der Waals surface area contributed by atoms with Crippen LogP contribution in [0.25, 0.3) is 0 Å². The van der Waals surface area contributed by atoms with Crippen LogP contribution >= 0.6 is 0 Å². The number of nitrogens with zero attached hydrogens (tertiary/aromatic N) is 1. The molecule has 0 amide bonds. The van der Waals surface area contributed by atoms with Gasteiger partial charge in [0, 0.05) is 19.1 Å². The van der Waals surface area contributed by atoms with E-state index in [0.717, 1.165) is 18.5 Å². The highest BCUT2D eigenvalue weighted by Gasteiger charge is 2.33. The van der Waals surface area contributed by atoms with Gasteiger partial charge in [0.25, 0.3) is 0 Å². The molecule has 0 aromatic heterocycles. The molecule has 13 heavy (non-hydrogen) atoms. The average Bonchev–Trinajstić information content (AvgIpc) is 2.17. The van der Waals surface area contributed by atoms with Crippen LogP contribution in [0.15, 0.2) is 12.2 Å². The number of nitrogens with one attached hydrogen (secondary N) is 1. The molecule has 2 bridgehead atoms. The normalized spacial score (nSPS) is 37.8. The second-order valence-electron chi connectivity index (χ2n) is 4.58. The van der Waals surface area contributed by atoms with E-state index in [1.54, 1.807) is 0 Å². The average molecular weight is 180 g/mol. The Morgan fingerprint density at radius 1 is 1.46 bits per heavy atom. The second kappa shape index (κ2) is 3.81. The summed E-state index contributed by atoms with van der Waals surface area (Å²) in [7, 11) is 0. The van der Waals surface area contributed by atoms with Gasteiger partial charge in [0.1, 0.15) is 0 Å². The molecule has 1 atom stereocenters. The first-order chi connectivity index (χ1) is 6.25. The summed E-state index contributed by atoms with van der Waals surface area (Å²) in [6.07, 6.45) is 2.79. The van der Waals surface area contributed by atoms with Crippen LogP contribution in [0, 0.1) is 5.92 Å². The van der Waals surface area contributed by atoms with E-state index in [4.69, 9.17) is 0 Å². The Kier molecular flexibility index (Phi) is 2.70. The zero-order valence-electron chi connectivity index (χ0n) is 8.55. The van der Waals surface area contributed by atoms with Gasteiger partial charge in [-0.15, -0.1) is 0 Å². The van der Waals surface area contributed by atoms with Crippen molar-refractivity contribution in [1.82, 2.24) is 10.2 Å². The minimum absolute atomic E-state index is 0.735. The lowest BCUT2D eigenvalue weighted by molar-refractivity contribution is 0.0742. The highest BCUT2D eigenvalue weighted by atomic mass is 15.2. The molecule has 1 unspecified atom stereocenters. The molecule has 0 aliphatic carbocycles. The van der Waals surface area contributed by atoms with Crippen molar-refractivity contribution in [3.8, 4) is 0 Å². The van der Waals surface area contributed by atoms with E-state index in [1.165, 1.54) is 38.0 Å². The van der Waals surface area contributed by atoms with Crippen molar-refractivity contribution in [3.63, 3.8) is 0 Å². The molecule has 0 aromatic carbocycles. The van der Waals surface area contributed by atoms with E-state index in [2.05, 4.69) is 23.7 Å². The molecule has 3 heterocycles. The minimum Gasteiger partial charge on any atom is -0.309 e. The van der Waals surface area contributed by atoms with Gasteiger partial charge in [-0.3, -0.25) is 0 Å². The van der Waals surface area contributed by atoms with Crippen molar-refractivity contribution in [2.75, 3.05) is 26.2 Å². The molecule has 3 rings (SSSR count). The van der Waals surface area contributed by atoms with E-state index in [1.807, 2.05) is 0 Å². The van der Waals surface area contributed by atoms with Gasteiger partial charge < -0.3 is 10.2 Å². The molecule has 3 saturated heterocycles. The number of hydrogen-bond donors (Lipinski definition) is 1. The molecule has 2 heteroatoms. The van der Waals surface area contributed by atoms with Crippen LogP contribution in [0.5, 0.6) is 0 Å². The zero-order chi connectivity index (χ0) is 9.26. The van der Waals surface area contributed by atoms with Crippen molar-refractivity contribution in [3.05, 3.63) is 12.2 Å². The van der Waals surface area contributed by atoms with Crippen molar-refractivity contribution in [2.45, 2.75) is 25.8 Å². The fraction of sp³-hybridized carbons (Fsp3) is 0.818. The summed E-state index contributed by atoms with van der Waals surface area (Å²) in [6.45, 7) is 10.9. The monoisotopic (exact) mass is 180 g/mol. The fourth-order valence-corrected chi connectivity index (χ4v) is 2.50. The van der Waals surface area contributed by atoms with Crippen LogP contribution in [0.4, 0.5) is 0 Å².